The summed E-state index contributed by atoms with van der Waals surface area (Å²) in [5.74, 6) is -0.706. The first-order chi connectivity index (χ1) is 20.8. The molecule has 10 nitrogen and oxygen atoms in total. The van der Waals surface area contributed by atoms with Gasteiger partial charge in [0.2, 0.25) is 0 Å². The van der Waals surface area contributed by atoms with Gasteiger partial charge < -0.3 is 36.7 Å². The predicted molar refractivity (Wildman–Crippen MR) is 188 cm³/mol. The number of rotatable bonds is 25. The highest BCUT2D eigenvalue weighted by atomic mass is 28.4. The molecular formula is C32H64O10Si3. The van der Waals surface area contributed by atoms with Crippen LogP contribution >= 0.6 is 0 Å². The third-order valence-corrected chi connectivity index (χ3v) is 15.3. The van der Waals surface area contributed by atoms with Crippen molar-refractivity contribution in [2.24, 2.45) is 0 Å². The van der Waals surface area contributed by atoms with Crippen LogP contribution in [0.1, 0.15) is 47.0 Å². The van der Waals surface area contributed by atoms with Crippen LogP contribution in [0.25, 0.3) is 0 Å². The van der Waals surface area contributed by atoms with Gasteiger partial charge in [0.25, 0.3) is 0 Å². The van der Waals surface area contributed by atoms with Crippen LogP contribution < -0.4 is 0 Å². The number of methoxy groups -OCH3 is 1. The van der Waals surface area contributed by atoms with Gasteiger partial charge in [0.1, 0.15) is 6.29 Å². The topological polar surface area (TPSA) is 108 Å². The molecular weight excluding hydrogens is 629 g/mol. The number of hydrogen-bond acceptors (Lipinski definition) is 10. The zero-order chi connectivity index (χ0) is 35.1. The Balaban J connectivity index is 0. The van der Waals surface area contributed by atoms with Gasteiger partial charge in [0, 0.05) is 18.3 Å². The molecule has 0 saturated heterocycles. The summed E-state index contributed by atoms with van der Waals surface area (Å²) in [5, 5.41) is 0. The summed E-state index contributed by atoms with van der Waals surface area (Å²) in [6, 6.07) is 1.73. The van der Waals surface area contributed by atoms with E-state index in [0.29, 0.717) is 50.8 Å². The molecule has 0 aliphatic heterocycles. The van der Waals surface area contributed by atoms with Crippen LogP contribution in [-0.2, 0) is 46.2 Å². The molecule has 0 aromatic heterocycles. The summed E-state index contributed by atoms with van der Waals surface area (Å²) < 4.78 is 45.0. The van der Waals surface area contributed by atoms with Crippen molar-refractivity contribution in [3.05, 3.63) is 37.0 Å². The summed E-state index contributed by atoms with van der Waals surface area (Å²) in [4.78, 5) is 22.9. The lowest BCUT2D eigenvalue weighted by atomic mass is 10.3. The van der Waals surface area contributed by atoms with Crippen LogP contribution in [0, 0.1) is 0 Å². The summed E-state index contributed by atoms with van der Waals surface area (Å²) in [7, 11) is -4.72. The lowest BCUT2D eigenvalue weighted by Crippen LogP contribution is -2.49. The Morgan fingerprint density at radius 1 is 0.800 bits per heavy atom. The number of esters is 2. The maximum absolute atomic E-state index is 11.5. The highest BCUT2D eigenvalue weighted by molar-refractivity contribution is 6.82. The van der Waals surface area contributed by atoms with Gasteiger partial charge in [-0.05, 0) is 91.4 Å². The first kappa shape index (κ1) is 45.7. The lowest BCUT2D eigenvalue weighted by Gasteiger charge is -2.37. The molecule has 0 aliphatic rings. The van der Waals surface area contributed by atoms with Crippen LogP contribution in [0.4, 0.5) is 0 Å². The normalized spacial score (nSPS) is 13.2. The van der Waals surface area contributed by atoms with Crippen LogP contribution in [0.2, 0.25) is 51.4 Å². The van der Waals surface area contributed by atoms with Gasteiger partial charge in [-0.2, -0.15) is 0 Å². The third kappa shape index (κ3) is 27.4. The Hall–Kier alpha value is -1.43. The lowest BCUT2D eigenvalue weighted by molar-refractivity contribution is -0.139. The van der Waals surface area contributed by atoms with E-state index in [1.165, 1.54) is 0 Å². The van der Waals surface area contributed by atoms with Crippen molar-refractivity contribution in [2.75, 3.05) is 46.8 Å². The Morgan fingerprint density at radius 2 is 1.31 bits per heavy atom. The first-order valence-corrected chi connectivity index (χ1v) is 24.9. The van der Waals surface area contributed by atoms with Gasteiger partial charge in [-0.25, -0.2) is 9.59 Å². The molecule has 0 aliphatic carbocycles. The maximum Gasteiger partial charge on any atom is 0.333 e. The molecule has 0 aromatic carbocycles. The van der Waals surface area contributed by atoms with Gasteiger partial charge in [0.05, 0.1) is 45.7 Å². The SMILES string of the molecule is C=C(C)C(=O)OCCC[Si](C)(C)OC(C)O[Si](C)(C)O[Si](C)(C)CCCOC(=O)C(=C)C.C=CCOCC(CC)OCCOC. The Labute approximate surface area is 277 Å². The Bertz CT molecular complexity index is 877. The molecule has 0 heterocycles. The molecule has 2 atom stereocenters. The molecule has 0 bridgehead atoms. The molecule has 0 saturated carbocycles. The fourth-order valence-corrected chi connectivity index (χ4v) is 14.0. The smallest absolute Gasteiger partial charge is 0.333 e. The predicted octanol–water partition coefficient (Wildman–Crippen LogP) is 7.14. The van der Waals surface area contributed by atoms with E-state index in [2.05, 4.69) is 52.8 Å². The molecule has 264 valence electrons. The molecule has 0 amide bonds. The van der Waals surface area contributed by atoms with E-state index in [0.717, 1.165) is 31.4 Å². The van der Waals surface area contributed by atoms with Gasteiger partial charge in [-0.15, -0.1) is 6.58 Å². The zero-order valence-corrected chi connectivity index (χ0v) is 33.2. The molecule has 0 fully saturated rings. The van der Waals surface area contributed by atoms with Crippen LogP contribution in [0.15, 0.2) is 37.0 Å². The summed E-state index contributed by atoms with van der Waals surface area (Å²) in [6.07, 6.45) is 4.01. The number of hydrogen-bond donors (Lipinski definition) is 0. The van der Waals surface area contributed by atoms with Crippen molar-refractivity contribution in [3.63, 3.8) is 0 Å². The minimum Gasteiger partial charge on any atom is -0.462 e. The van der Waals surface area contributed by atoms with E-state index in [1.54, 1.807) is 27.0 Å². The van der Waals surface area contributed by atoms with Gasteiger partial charge >= 0.3 is 20.5 Å². The van der Waals surface area contributed by atoms with Gasteiger partial charge in [-0.3, -0.25) is 0 Å². The minimum atomic E-state index is -2.41. The summed E-state index contributed by atoms with van der Waals surface area (Å²) >= 11 is 0. The molecule has 0 rings (SSSR count). The van der Waals surface area contributed by atoms with Gasteiger partial charge in [0.15, 0.2) is 16.6 Å². The second kappa shape index (κ2) is 24.7. The average Bonchev–Trinajstić information content (AvgIpc) is 2.91. The summed E-state index contributed by atoms with van der Waals surface area (Å²) in [6.45, 7) is 33.9. The number of carbonyl (C=O) groups excluding carboxylic acids is 2. The van der Waals surface area contributed by atoms with Crippen molar-refractivity contribution in [2.45, 2.75) is 111 Å². The van der Waals surface area contributed by atoms with Crippen molar-refractivity contribution >= 4 is 37.1 Å². The number of carbonyl (C=O) groups is 2. The molecule has 2 unspecified atom stereocenters. The molecule has 0 radical (unpaired) electrons. The Kier molecular flexibility index (Phi) is 25.1. The van der Waals surface area contributed by atoms with Crippen LogP contribution in [0.3, 0.4) is 0 Å². The highest BCUT2D eigenvalue weighted by Gasteiger charge is 2.37. The highest BCUT2D eigenvalue weighted by Crippen LogP contribution is 2.24. The zero-order valence-electron chi connectivity index (χ0n) is 30.2. The van der Waals surface area contributed by atoms with Gasteiger partial charge in [-0.1, -0.05) is 26.2 Å². The van der Waals surface area contributed by atoms with E-state index in [-0.39, 0.29) is 24.3 Å². The van der Waals surface area contributed by atoms with E-state index < -0.39 is 25.2 Å². The van der Waals surface area contributed by atoms with Crippen molar-refractivity contribution in [1.82, 2.24) is 0 Å². The molecule has 13 heteroatoms. The van der Waals surface area contributed by atoms with Crippen LogP contribution in [0.5, 0.6) is 0 Å². The van der Waals surface area contributed by atoms with E-state index in [9.17, 15) is 9.59 Å². The second-order valence-electron chi connectivity index (χ2n) is 12.6. The monoisotopic (exact) mass is 692 g/mol. The van der Waals surface area contributed by atoms with Crippen LogP contribution in [-0.4, -0.2) is 96.3 Å². The molecule has 0 aromatic rings. The fraction of sp³-hybridized carbons (Fsp3) is 0.750. The third-order valence-electron chi connectivity index (χ3n) is 6.10. The average molecular weight is 693 g/mol. The quantitative estimate of drug-likeness (QED) is 0.0245. The van der Waals surface area contributed by atoms with Crippen molar-refractivity contribution in [3.8, 4) is 0 Å². The maximum atomic E-state index is 11.5. The van der Waals surface area contributed by atoms with Crippen molar-refractivity contribution < 1.29 is 46.2 Å². The Morgan fingerprint density at radius 3 is 1.76 bits per heavy atom. The van der Waals surface area contributed by atoms with E-state index in [4.69, 9.17) is 36.7 Å². The second-order valence-corrected chi connectivity index (χ2v) is 24.7. The first-order valence-electron chi connectivity index (χ1n) is 15.8. The standard InChI is InChI=1S/C22H44O7Si3.C10H20O3/c1-18(2)21(23)25-14-12-16-30(6,7)27-20(5)28-32(10,11)29-31(8,9)17-13-15-26-22(24)19(3)4;1-4-6-12-9-10(5-2)13-8-7-11-3/h20H,1,3,12-17H2,2,4-11H3;4,10H,1,5-9H2,2-3H3. The van der Waals surface area contributed by atoms with E-state index >= 15 is 0 Å². The van der Waals surface area contributed by atoms with E-state index in [1.807, 2.05) is 20.0 Å². The largest absolute Gasteiger partial charge is 0.462 e. The molecule has 0 spiro atoms. The molecule has 45 heavy (non-hydrogen) atoms. The van der Waals surface area contributed by atoms with Crippen molar-refractivity contribution in [1.29, 1.82) is 0 Å². The number of ether oxygens (including phenoxy) is 5. The molecule has 0 N–H and O–H groups in total. The summed E-state index contributed by atoms with van der Waals surface area (Å²) in [5.41, 5.74) is 0.819. The minimum absolute atomic E-state index is 0.176. The fourth-order valence-electron chi connectivity index (χ4n) is 4.11.